The molecule has 134 valence electrons. The smallest absolute Gasteiger partial charge is 0.220 e. The van der Waals surface area contributed by atoms with Crippen molar-refractivity contribution < 1.29 is 14.7 Å². The number of carbonyl (C=O) groups is 2. The number of benzene rings is 1. The van der Waals surface area contributed by atoms with E-state index in [2.05, 4.69) is 0 Å². The fraction of sp³-hybridized carbons (Fsp3) is 0.579. The summed E-state index contributed by atoms with van der Waals surface area (Å²) in [7, 11) is 0. The standard InChI is InChI=1S/C19H30N2O3/c1-2-6-15(10-12-18(20)23)17(19(21)24)13-16(22)11-9-14-7-4-3-5-8-14/h3-5,7-8,15-17,22H,2,6,9-13H2,1H3,(H2,20,23)(H2,21,24)/t15?,16-,17+/m0/s1. The summed E-state index contributed by atoms with van der Waals surface area (Å²) in [6, 6.07) is 9.93. The van der Waals surface area contributed by atoms with E-state index < -0.39 is 17.9 Å². The largest absolute Gasteiger partial charge is 0.393 e. The molecule has 0 radical (unpaired) electrons. The van der Waals surface area contributed by atoms with Crippen molar-refractivity contribution in [1.82, 2.24) is 0 Å². The molecule has 0 aliphatic carbocycles. The maximum Gasteiger partial charge on any atom is 0.220 e. The minimum absolute atomic E-state index is 0.00799. The van der Waals surface area contributed by atoms with E-state index in [0.717, 1.165) is 24.8 Å². The molecule has 5 N–H and O–H groups in total. The molecule has 0 bridgehead atoms. The molecule has 0 heterocycles. The third-order valence-electron chi connectivity index (χ3n) is 4.49. The number of hydrogen-bond acceptors (Lipinski definition) is 3. The van der Waals surface area contributed by atoms with Gasteiger partial charge in [-0.1, -0.05) is 43.7 Å². The quantitative estimate of drug-likeness (QED) is 0.545. The van der Waals surface area contributed by atoms with Crippen LogP contribution in [0.5, 0.6) is 0 Å². The molecule has 0 fully saturated rings. The topological polar surface area (TPSA) is 106 Å². The van der Waals surface area contributed by atoms with Crippen molar-refractivity contribution >= 4 is 11.8 Å². The molecule has 24 heavy (non-hydrogen) atoms. The summed E-state index contributed by atoms with van der Waals surface area (Å²) < 4.78 is 0. The number of aliphatic hydroxyl groups excluding tert-OH is 1. The van der Waals surface area contributed by atoms with Gasteiger partial charge in [-0.2, -0.15) is 0 Å². The van der Waals surface area contributed by atoms with E-state index in [1.165, 1.54) is 0 Å². The van der Waals surface area contributed by atoms with Crippen LogP contribution in [-0.2, 0) is 16.0 Å². The first-order valence-electron chi connectivity index (χ1n) is 8.73. The Morgan fingerprint density at radius 1 is 1.08 bits per heavy atom. The van der Waals surface area contributed by atoms with E-state index in [0.29, 0.717) is 19.3 Å². The van der Waals surface area contributed by atoms with E-state index in [4.69, 9.17) is 11.5 Å². The summed E-state index contributed by atoms with van der Waals surface area (Å²) in [4.78, 5) is 22.9. The van der Waals surface area contributed by atoms with Crippen LogP contribution in [0.2, 0.25) is 0 Å². The molecule has 0 aliphatic rings. The molecule has 0 saturated carbocycles. The Balaban J connectivity index is 2.61. The van der Waals surface area contributed by atoms with Gasteiger partial charge in [-0.3, -0.25) is 9.59 Å². The van der Waals surface area contributed by atoms with E-state index >= 15 is 0 Å². The van der Waals surface area contributed by atoms with Crippen molar-refractivity contribution in [3.8, 4) is 0 Å². The molecule has 5 nitrogen and oxygen atoms in total. The molecule has 1 aromatic rings. The fourth-order valence-electron chi connectivity index (χ4n) is 3.17. The van der Waals surface area contributed by atoms with Gasteiger partial charge >= 0.3 is 0 Å². The van der Waals surface area contributed by atoms with Gasteiger partial charge in [-0.25, -0.2) is 0 Å². The Kier molecular flexibility index (Phi) is 9.08. The molecule has 1 aromatic carbocycles. The van der Waals surface area contributed by atoms with Crippen LogP contribution < -0.4 is 11.5 Å². The van der Waals surface area contributed by atoms with Crippen LogP contribution in [0.1, 0.15) is 51.0 Å². The van der Waals surface area contributed by atoms with Crippen LogP contribution in [0, 0.1) is 11.8 Å². The number of amides is 2. The number of hydrogen-bond donors (Lipinski definition) is 3. The van der Waals surface area contributed by atoms with Crippen molar-refractivity contribution in [2.45, 2.75) is 58.0 Å². The second-order valence-corrected chi connectivity index (χ2v) is 6.48. The summed E-state index contributed by atoms with van der Waals surface area (Å²) in [5.41, 5.74) is 11.9. The summed E-state index contributed by atoms with van der Waals surface area (Å²) >= 11 is 0. The first-order chi connectivity index (χ1) is 11.4. The lowest BCUT2D eigenvalue weighted by Gasteiger charge is -2.26. The summed E-state index contributed by atoms with van der Waals surface area (Å²) in [6.07, 6.45) is 3.58. The molecule has 1 rings (SSSR count). The lowest BCUT2D eigenvalue weighted by Crippen LogP contribution is -2.34. The molecule has 3 atom stereocenters. The fourth-order valence-corrected chi connectivity index (χ4v) is 3.17. The SMILES string of the molecule is CCCC(CCC(N)=O)[C@@H](C[C@@H](O)CCc1ccccc1)C(N)=O. The highest BCUT2D eigenvalue weighted by atomic mass is 16.3. The van der Waals surface area contributed by atoms with Gasteiger partial charge in [-0.05, 0) is 43.6 Å². The first kappa shape index (κ1) is 20.2. The van der Waals surface area contributed by atoms with Gasteiger partial charge in [0.2, 0.25) is 11.8 Å². The maximum absolute atomic E-state index is 11.9. The average Bonchev–Trinajstić information content (AvgIpc) is 2.55. The van der Waals surface area contributed by atoms with Gasteiger partial charge in [0.1, 0.15) is 0 Å². The normalized spacial score (nSPS) is 14.8. The Morgan fingerprint density at radius 2 is 1.75 bits per heavy atom. The van der Waals surface area contributed by atoms with E-state index in [-0.39, 0.29) is 18.2 Å². The Labute approximate surface area is 144 Å². The molecule has 1 unspecified atom stereocenters. The zero-order valence-corrected chi connectivity index (χ0v) is 14.5. The maximum atomic E-state index is 11.9. The van der Waals surface area contributed by atoms with Crippen molar-refractivity contribution in [3.05, 3.63) is 35.9 Å². The van der Waals surface area contributed by atoms with Crippen molar-refractivity contribution in [2.24, 2.45) is 23.3 Å². The number of aliphatic hydroxyl groups is 1. The number of nitrogens with two attached hydrogens (primary N) is 2. The molecule has 0 saturated heterocycles. The van der Waals surface area contributed by atoms with E-state index in [9.17, 15) is 14.7 Å². The lowest BCUT2D eigenvalue weighted by molar-refractivity contribution is -0.126. The van der Waals surface area contributed by atoms with E-state index in [1.807, 2.05) is 37.3 Å². The number of aryl methyl sites for hydroxylation is 1. The summed E-state index contributed by atoms with van der Waals surface area (Å²) in [6.45, 7) is 2.03. The molecular weight excluding hydrogens is 304 g/mol. The third-order valence-corrected chi connectivity index (χ3v) is 4.49. The Morgan fingerprint density at radius 3 is 2.29 bits per heavy atom. The minimum atomic E-state index is -0.587. The zero-order valence-electron chi connectivity index (χ0n) is 14.5. The highest BCUT2D eigenvalue weighted by Crippen LogP contribution is 2.28. The highest BCUT2D eigenvalue weighted by Gasteiger charge is 2.28. The van der Waals surface area contributed by atoms with Crippen LogP contribution in [0.25, 0.3) is 0 Å². The van der Waals surface area contributed by atoms with Gasteiger partial charge in [0.25, 0.3) is 0 Å². The predicted octanol–water partition coefficient (Wildman–Crippen LogP) is 2.15. The minimum Gasteiger partial charge on any atom is -0.393 e. The van der Waals surface area contributed by atoms with Gasteiger partial charge < -0.3 is 16.6 Å². The van der Waals surface area contributed by atoms with Crippen LogP contribution in [-0.4, -0.2) is 23.0 Å². The second-order valence-electron chi connectivity index (χ2n) is 6.48. The van der Waals surface area contributed by atoms with Crippen LogP contribution in [0.3, 0.4) is 0 Å². The molecule has 0 aromatic heterocycles. The number of rotatable bonds is 12. The monoisotopic (exact) mass is 334 g/mol. The Hall–Kier alpha value is -1.88. The average molecular weight is 334 g/mol. The molecule has 2 amide bonds. The molecular formula is C19H30N2O3. The molecule has 0 aliphatic heterocycles. The van der Waals surface area contributed by atoms with E-state index in [1.54, 1.807) is 0 Å². The van der Waals surface area contributed by atoms with Crippen molar-refractivity contribution in [3.63, 3.8) is 0 Å². The van der Waals surface area contributed by atoms with Gasteiger partial charge in [0.15, 0.2) is 0 Å². The van der Waals surface area contributed by atoms with Gasteiger partial charge in [-0.15, -0.1) is 0 Å². The van der Waals surface area contributed by atoms with Crippen LogP contribution in [0.4, 0.5) is 0 Å². The first-order valence-corrected chi connectivity index (χ1v) is 8.73. The molecule has 5 heteroatoms. The van der Waals surface area contributed by atoms with Crippen LogP contribution in [0.15, 0.2) is 30.3 Å². The molecule has 0 spiro atoms. The predicted molar refractivity (Wildman–Crippen MR) is 94.9 cm³/mol. The zero-order chi connectivity index (χ0) is 17.9. The second kappa shape index (κ2) is 10.8. The number of primary amides is 2. The summed E-state index contributed by atoms with van der Waals surface area (Å²) in [5.74, 6) is -1.21. The van der Waals surface area contributed by atoms with Gasteiger partial charge in [0, 0.05) is 12.3 Å². The van der Waals surface area contributed by atoms with Crippen LogP contribution >= 0.6 is 0 Å². The lowest BCUT2D eigenvalue weighted by atomic mass is 9.80. The van der Waals surface area contributed by atoms with Crippen molar-refractivity contribution in [1.29, 1.82) is 0 Å². The van der Waals surface area contributed by atoms with Gasteiger partial charge in [0.05, 0.1) is 6.10 Å². The Bertz CT molecular complexity index is 505. The number of carbonyl (C=O) groups excluding carboxylic acids is 2. The third kappa shape index (κ3) is 7.59. The highest BCUT2D eigenvalue weighted by molar-refractivity contribution is 5.77. The summed E-state index contributed by atoms with van der Waals surface area (Å²) in [5, 5.41) is 10.3. The van der Waals surface area contributed by atoms with Crippen molar-refractivity contribution in [2.75, 3.05) is 0 Å².